The molecule has 3 atom stereocenters. The van der Waals surface area contributed by atoms with E-state index in [9.17, 15) is 4.79 Å². The van der Waals surface area contributed by atoms with Crippen molar-refractivity contribution in [2.45, 2.75) is 38.4 Å². The van der Waals surface area contributed by atoms with Crippen molar-refractivity contribution in [3.63, 3.8) is 0 Å². The lowest BCUT2D eigenvalue weighted by Gasteiger charge is -2.37. The third-order valence-electron chi connectivity index (χ3n) is 8.04. The van der Waals surface area contributed by atoms with Crippen LogP contribution in [0.3, 0.4) is 0 Å². The van der Waals surface area contributed by atoms with Crippen LogP contribution in [0.1, 0.15) is 41.3 Å². The normalized spacial score (nSPS) is 18.7. The van der Waals surface area contributed by atoms with Gasteiger partial charge in [0, 0.05) is 23.6 Å². The van der Waals surface area contributed by atoms with Gasteiger partial charge in [-0.1, -0.05) is 32.0 Å². The summed E-state index contributed by atoms with van der Waals surface area (Å²) < 4.78 is 29.2. The van der Waals surface area contributed by atoms with E-state index in [1.807, 2.05) is 48.5 Å². The number of anilines is 2. The number of nitrogens with zero attached hydrogens (tertiary/aromatic N) is 3. The van der Waals surface area contributed by atoms with Gasteiger partial charge in [0.2, 0.25) is 0 Å². The standard InChI is InChI=1S/C23H24O6.C11H11N5.ClH/c1-11(2)16-8-14-15(28-16)6-5-12-22(24)21-13-7-18(25-3)19(26-4)9-17(13)27-10-20(21)29-23(12)14;12-10-7-6-9(11(13)14-10)16-15-8-4-2-1-3-5-8;/h5-7,9,11,16,20-21H,8,10H2,1-4H3;1-7H,(H4,12,13,14);1H. The van der Waals surface area contributed by atoms with Crippen molar-refractivity contribution < 1.29 is 28.5 Å². The van der Waals surface area contributed by atoms with E-state index in [1.165, 1.54) is 0 Å². The molecule has 0 amide bonds. The number of methoxy groups -OCH3 is 2. The van der Waals surface area contributed by atoms with Crippen molar-refractivity contribution in [1.82, 2.24) is 4.98 Å². The SMILES string of the molecule is COc1cc2c(cc1OC)C1C(=O)c3ccc4c(c3OC1CO2)CC(C(C)C)O4.Cl.Nc1ccc(N=Nc2ccccc2)c(N)n1. The molecule has 4 N–H and O–H groups in total. The van der Waals surface area contributed by atoms with E-state index in [0.29, 0.717) is 52.6 Å². The molecule has 0 spiro atoms. The molecule has 0 fully saturated rings. The first kappa shape index (κ1) is 32.4. The Bertz CT molecular complexity index is 1770. The van der Waals surface area contributed by atoms with Crippen LogP contribution in [-0.4, -0.2) is 43.8 Å². The second-order valence-corrected chi connectivity index (χ2v) is 11.3. The number of ketones is 1. The second-order valence-electron chi connectivity index (χ2n) is 11.3. The Morgan fingerprint density at radius 2 is 1.65 bits per heavy atom. The Morgan fingerprint density at radius 3 is 2.35 bits per heavy atom. The molecule has 11 nitrogen and oxygen atoms in total. The number of nitrogen functional groups attached to an aromatic ring is 2. The molecule has 0 saturated heterocycles. The molecule has 4 aromatic rings. The molecule has 4 heterocycles. The number of aromatic nitrogens is 1. The van der Waals surface area contributed by atoms with E-state index in [4.69, 9.17) is 35.2 Å². The van der Waals surface area contributed by atoms with E-state index in [2.05, 4.69) is 29.1 Å². The van der Waals surface area contributed by atoms with Gasteiger partial charge >= 0.3 is 0 Å². The third kappa shape index (κ3) is 6.23. The van der Waals surface area contributed by atoms with Crippen LogP contribution in [0.2, 0.25) is 0 Å². The number of benzene rings is 3. The van der Waals surface area contributed by atoms with Crippen LogP contribution in [0.15, 0.2) is 77.0 Å². The van der Waals surface area contributed by atoms with Crippen molar-refractivity contribution in [3.05, 3.63) is 83.4 Å². The molecule has 0 bridgehead atoms. The number of ether oxygens (including phenoxy) is 5. The van der Waals surface area contributed by atoms with Crippen LogP contribution in [0, 0.1) is 5.92 Å². The van der Waals surface area contributed by atoms with Crippen molar-refractivity contribution >= 4 is 41.2 Å². The summed E-state index contributed by atoms with van der Waals surface area (Å²) in [6.45, 7) is 4.58. The molecule has 3 aliphatic heterocycles. The minimum Gasteiger partial charge on any atom is -0.493 e. The van der Waals surface area contributed by atoms with Gasteiger partial charge in [-0.25, -0.2) is 4.98 Å². The highest BCUT2D eigenvalue weighted by atomic mass is 35.5. The number of carbonyl (C=O) groups is 1. The largest absolute Gasteiger partial charge is 0.493 e. The molecule has 0 aliphatic carbocycles. The summed E-state index contributed by atoms with van der Waals surface area (Å²) in [5, 5.41) is 8.03. The van der Waals surface area contributed by atoms with Crippen LogP contribution in [0.4, 0.5) is 23.0 Å². The maximum absolute atomic E-state index is 13.5. The van der Waals surface area contributed by atoms with Crippen LogP contribution in [-0.2, 0) is 6.42 Å². The lowest BCUT2D eigenvalue weighted by molar-refractivity contribution is 0.0554. The van der Waals surface area contributed by atoms with Crippen LogP contribution in [0.25, 0.3) is 0 Å². The molecule has 3 aliphatic rings. The quantitative estimate of drug-likeness (QED) is 0.221. The molecular weight excluding hydrogens is 610 g/mol. The van der Waals surface area contributed by atoms with Gasteiger partial charge in [-0.05, 0) is 48.4 Å². The Labute approximate surface area is 273 Å². The maximum atomic E-state index is 13.5. The van der Waals surface area contributed by atoms with Gasteiger partial charge in [-0.2, -0.15) is 5.11 Å². The summed E-state index contributed by atoms with van der Waals surface area (Å²) >= 11 is 0. The van der Waals surface area contributed by atoms with Gasteiger partial charge in [0.15, 0.2) is 23.1 Å². The number of rotatable bonds is 5. The van der Waals surface area contributed by atoms with Gasteiger partial charge in [-0.3, -0.25) is 4.79 Å². The van der Waals surface area contributed by atoms with Gasteiger partial charge in [-0.15, -0.1) is 17.5 Å². The summed E-state index contributed by atoms with van der Waals surface area (Å²) in [5.74, 6) is 3.89. The number of fused-ring (bicyclic) bond motifs is 6. The number of hydrogen-bond acceptors (Lipinski definition) is 11. The molecule has 12 heteroatoms. The highest BCUT2D eigenvalue weighted by Crippen LogP contribution is 2.50. The predicted octanol–water partition coefficient (Wildman–Crippen LogP) is 6.87. The van der Waals surface area contributed by atoms with Gasteiger partial charge < -0.3 is 35.2 Å². The number of pyridine rings is 1. The van der Waals surface area contributed by atoms with Gasteiger partial charge in [0.05, 0.1) is 31.4 Å². The number of hydrogen-bond donors (Lipinski definition) is 2. The predicted molar refractivity (Wildman–Crippen MR) is 177 cm³/mol. The smallest absolute Gasteiger partial charge is 0.178 e. The number of carbonyl (C=O) groups excluding carboxylic acids is 1. The summed E-state index contributed by atoms with van der Waals surface area (Å²) in [6, 6.07) is 20.0. The van der Waals surface area contributed by atoms with Crippen LogP contribution in [0.5, 0.6) is 28.7 Å². The molecule has 0 radical (unpaired) electrons. The summed E-state index contributed by atoms with van der Waals surface area (Å²) in [4.78, 5) is 17.4. The van der Waals surface area contributed by atoms with Crippen LogP contribution >= 0.6 is 12.4 Å². The lowest BCUT2D eigenvalue weighted by Crippen LogP contribution is -2.43. The summed E-state index contributed by atoms with van der Waals surface area (Å²) in [7, 11) is 3.16. The minimum absolute atomic E-state index is 0. The molecule has 7 rings (SSSR count). The summed E-state index contributed by atoms with van der Waals surface area (Å²) in [6.07, 6.45) is 0.474. The topological polar surface area (TPSA) is 153 Å². The molecule has 1 aromatic heterocycles. The molecular formula is C34H36ClN5O6. The zero-order valence-corrected chi connectivity index (χ0v) is 26.7. The van der Waals surface area contributed by atoms with Crippen molar-refractivity contribution in [3.8, 4) is 28.7 Å². The Kier molecular flexibility index (Phi) is 9.52. The van der Waals surface area contributed by atoms with E-state index >= 15 is 0 Å². The van der Waals surface area contributed by atoms with Gasteiger partial charge in [0.25, 0.3) is 0 Å². The summed E-state index contributed by atoms with van der Waals surface area (Å²) in [5.41, 5.74) is 14.8. The first-order chi connectivity index (χ1) is 21.8. The average Bonchev–Trinajstić information content (AvgIpc) is 3.50. The number of Topliss-reactive ketones (excluding diaryl/α,β-unsaturated/α-hetero) is 1. The molecule has 0 saturated carbocycles. The van der Waals surface area contributed by atoms with Crippen LogP contribution < -0.4 is 35.2 Å². The highest BCUT2D eigenvalue weighted by Gasteiger charge is 2.45. The lowest BCUT2D eigenvalue weighted by atomic mass is 9.81. The zero-order chi connectivity index (χ0) is 31.7. The monoisotopic (exact) mass is 645 g/mol. The molecule has 240 valence electrons. The van der Waals surface area contributed by atoms with E-state index < -0.39 is 5.92 Å². The zero-order valence-electron chi connectivity index (χ0n) is 25.9. The van der Waals surface area contributed by atoms with Gasteiger partial charge in [0.1, 0.15) is 47.6 Å². The fraction of sp³-hybridized carbons (Fsp3) is 0.294. The highest BCUT2D eigenvalue weighted by molar-refractivity contribution is 6.06. The van der Waals surface area contributed by atoms with Crippen molar-refractivity contribution in [1.29, 1.82) is 0 Å². The van der Waals surface area contributed by atoms with E-state index in [0.717, 1.165) is 29.0 Å². The fourth-order valence-electron chi connectivity index (χ4n) is 5.64. The number of azo groups is 1. The third-order valence-corrected chi connectivity index (χ3v) is 8.04. The first-order valence-corrected chi connectivity index (χ1v) is 14.7. The van der Waals surface area contributed by atoms with Crippen molar-refractivity contribution in [2.75, 3.05) is 32.3 Å². The average molecular weight is 646 g/mol. The maximum Gasteiger partial charge on any atom is 0.178 e. The number of halogens is 1. The van der Waals surface area contributed by atoms with E-state index in [-0.39, 0.29) is 36.2 Å². The van der Waals surface area contributed by atoms with E-state index in [1.54, 1.807) is 32.4 Å². The Balaban J connectivity index is 0.000000209. The Morgan fingerprint density at radius 1 is 0.913 bits per heavy atom. The second kappa shape index (κ2) is 13.5. The fourth-order valence-corrected chi connectivity index (χ4v) is 5.64. The molecule has 46 heavy (non-hydrogen) atoms. The Hall–Kier alpha value is -5.03. The molecule has 3 aromatic carbocycles. The first-order valence-electron chi connectivity index (χ1n) is 14.7. The number of nitrogens with two attached hydrogens (primary N) is 2. The molecule has 3 unspecified atom stereocenters. The minimum atomic E-state index is -0.438. The van der Waals surface area contributed by atoms with Crippen molar-refractivity contribution in [2.24, 2.45) is 16.1 Å².